The van der Waals surface area contributed by atoms with E-state index in [1.165, 1.54) is 5.57 Å². The van der Waals surface area contributed by atoms with Crippen LogP contribution in [0.4, 0.5) is 0 Å². The zero-order valence-corrected chi connectivity index (χ0v) is 8.91. The van der Waals surface area contributed by atoms with Gasteiger partial charge in [-0.15, -0.1) is 0 Å². The third-order valence-electron chi connectivity index (χ3n) is 1.29. The quantitative estimate of drug-likeness (QED) is 0.678. The molecule has 1 aromatic rings. The van der Waals surface area contributed by atoms with Gasteiger partial charge in [-0.05, 0) is 26.0 Å². The maximum absolute atomic E-state index is 4.10. The van der Waals surface area contributed by atoms with E-state index in [1.807, 2.05) is 44.6 Å². The number of hydrogen-bond donors (Lipinski definition) is 0. The molecule has 0 saturated heterocycles. The van der Waals surface area contributed by atoms with Crippen molar-refractivity contribution >= 4 is 12.3 Å². The summed E-state index contributed by atoms with van der Waals surface area (Å²) in [5.74, 6) is 0. The fourth-order valence-electron chi connectivity index (χ4n) is 0.839. The Kier molecular flexibility index (Phi) is 5.60. The van der Waals surface area contributed by atoms with E-state index < -0.39 is 0 Å². The molecule has 2 nitrogen and oxygen atoms in total. The van der Waals surface area contributed by atoms with Crippen LogP contribution in [0.25, 0.3) is 12.3 Å². The highest BCUT2D eigenvalue weighted by Gasteiger charge is 1.92. The lowest BCUT2D eigenvalue weighted by Gasteiger charge is -1.96. The Bertz CT molecular complexity index is 278. The van der Waals surface area contributed by atoms with Gasteiger partial charge in [0.05, 0.1) is 5.69 Å². The summed E-state index contributed by atoms with van der Waals surface area (Å²) in [6.45, 7) is 11.8. The van der Waals surface area contributed by atoms with Crippen LogP contribution in [0.3, 0.4) is 0 Å². The third-order valence-corrected chi connectivity index (χ3v) is 1.29. The molecule has 0 radical (unpaired) electrons. The van der Waals surface area contributed by atoms with Crippen LogP contribution < -0.4 is 0 Å². The maximum atomic E-state index is 4.10. The molecule has 1 aromatic heterocycles. The van der Waals surface area contributed by atoms with Gasteiger partial charge in [0.25, 0.3) is 0 Å². The second-order valence-electron chi connectivity index (χ2n) is 2.61. The van der Waals surface area contributed by atoms with Gasteiger partial charge in [-0.2, -0.15) is 5.10 Å². The predicted octanol–water partition coefficient (Wildman–Crippen LogP) is 3.43. The van der Waals surface area contributed by atoms with E-state index in [2.05, 4.69) is 11.7 Å². The van der Waals surface area contributed by atoms with E-state index in [-0.39, 0.29) is 0 Å². The summed E-state index contributed by atoms with van der Waals surface area (Å²) in [5.41, 5.74) is 2.24. The highest BCUT2D eigenvalue weighted by Crippen LogP contribution is 2.02. The molecular formula is C11H18N2. The first-order chi connectivity index (χ1) is 6.24. The number of allylic oxidation sites excluding steroid dienone is 1. The molecule has 0 unspecified atom stereocenters. The first-order valence-electron chi connectivity index (χ1n) is 4.55. The summed E-state index contributed by atoms with van der Waals surface area (Å²) < 4.78 is 1.81. The molecule has 0 aliphatic heterocycles. The zero-order chi connectivity index (χ0) is 10.3. The van der Waals surface area contributed by atoms with E-state index in [0.29, 0.717) is 0 Å². The molecule has 0 atom stereocenters. The van der Waals surface area contributed by atoms with E-state index in [0.717, 1.165) is 5.69 Å². The molecular weight excluding hydrogens is 160 g/mol. The zero-order valence-electron chi connectivity index (χ0n) is 8.91. The van der Waals surface area contributed by atoms with E-state index in [1.54, 1.807) is 12.3 Å². The average molecular weight is 178 g/mol. The van der Waals surface area contributed by atoms with Gasteiger partial charge in [0.2, 0.25) is 0 Å². The average Bonchev–Trinajstić information content (AvgIpc) is 2.54. The van der Waals surface area contributed by atoms with Crippen LogP contribution >= 0.6 is 0 Å². The second-order valence-corrected chi connectivity index (χ2v) is 2.61. The van der Waals surface area contributed by atoms with Crippen LogP contribution in [-0.2, 0) is 0 Å². The molecule has 13 heavy (non-hydrogen) atoms. The highest BCUT2D eigenvalue weighted by atomic mass is 15.3. The van der Waals surface area contributed by atoms with Gasteiger partial charge in [0, 0.05) is 12.4 Å². The molecule has 0 amide bonds. The summed E-state index contributed by atoms with van der Waals surface area (Å²) in [4.78, 5) is 0. The summed E-state index contributed by atoms with van der Waals surface area (Å²) in [6, 6.07) is 1.92. The standard InChI is InChI=1S/C9H12N2.C2H6/c1-4-9-5-6-10-11(9)7-8(2)3;1-2/h4-7H,1H2,2-3H3;1-2H3. The van der Waals surface area contributed by atoms with Gasteiger partial charge in [0.15, 0.2) is 0 Å². The van der Waals surface area contributed by atoms with E-state index >= 15 is 0 Å². The van der Waals surface area contributed by atoms with Gasteiger partial charge >= 0.3 is 0 Å². The summed E-state index contributed by atoms with van der Waals surface area (Å²) in [6.07, 6.45) is 5.51. The normalized spacial score (nSPS) is 8.31. The van der Waals surface area contributed by atoms with Crippen molar-refractivity contribution in [3.8, 4) is 0 Å². The summed E-state index contributed by atoms with van der Waals surface area (Å²) >= 11 is 0. The maximum Gasteiger partial charge on any atom is 0.0655 e. The lowest BCUT2D eigenvalue weighted by Crippen LogP contribution is -1.91. The SMILES string of the molecule is C=Cc1ccnn1C=C(C)C.CC. The van der Waals surface area contributed by atoms with Gasteiger partial charge in [-0.1, -0.05) is 26.0 Å². The number of rotatable bonds is 2. The van der Waals surface area contributed by atoms with Crippen LogP contribution in [0, 0.1) is 0 Å². The van der Waals surface area contributed by atoms with Crippen molar-refractivity contribution in [2.75, 3.05) is 0 Å². The molecule has 0 spiro atoms. The van der Waals surface area contributed by atoms with Crippen LogP contribution in [-0.4, -0.2) is 9.78 Å². The van der Waals surface area contributed by atoms with Crippen molar-refractivity contribution in [3.63, 3.8) is 0 Å². The molecule has 1 heterocycles. The molecule has 0 aromatic carbocycles. The summed E-state index contributed by atoms with van der Waals surface area (Å²) in [7, 11) is 0. The topological polar surface area (TPSA) is 17.8 Å². The molecule has 0 N–H and O–H groups in total. The van der Waals surface area contributed by atoms with Gasteiger partial charge in [0.1, 0.15) is 0 Å². The van der Waals surface area contributed by atoms with Crippen LogP contribution in [0.1, 0.15) is 33.4 Å². The van der Waals surface area contributed by atoms with Crippen molar-refractivity contribution in [2.24, 2.45) is 0 Å². The van der Waals surface area contributed by atoms with Crippen LogP contribution in [0.2, 0.25) is 0 Å². The molecule has 0 bridgehead atoms. The minimum Gasteiger partial charge on any atom is -0.241 e. The van der Waals surface area contributed by atoms with Gasteiger partial charge < -0.3 is 0 Å². The van der Waals surface area contributed by atoms with E-state index in [4.69, 9.17) is 0 Å². The Labute approximate surface area is 80.6 Å². The fourth-order valence-corrected chi connectivity index (χ4v) is 0.839. The van der Waals surface area contributed by atoms with Gasteiger partial charge in [-0.3, -0.25) is 0 Å². The fraction of sp³-hybridized carbons (Fsp3) is 0.364. The molecule has 1 rings (SSSR count). The van der Waals surface area contributed by atoms with E-state index in [9.17, 15) is 0 Å². The molecule has 0 saturated carbocycles. The minimum absolute atomic E-state index is 1.02. The Morgan fingerprint density at radius 2 is 2.08 bits per heavy atom. The van der Waals surface area contributed by atoms with Crippen molar-refractivity contribution in [1.82, 2.24) is 9.78 Å². The molecule has 0 aliphatic carbocycles. The largest absolute Gasteiger partial charge is 0.241 e. The Hall–Kier alpha value is -1.31. The van der Waals surface area contributed by atoms with Gasteiger partial charge in [-0.25, -0.2) is 4.68 Å². The predicted molar refractivity (Wildman–Crippen MR) is 59.3 cm³/mol. The second kappa shape index (κ2) is 6.23. The van der Waals surface area contributed by atoms with Crippen molar-refractivity contribution in [3.05, 3.63) is 30.1 Å². The first-order valence-corrected chi connectivity index (χ1v) is 4.55. The molecule has 0 aliphatic rings. The number of aromatic nitrogens is 2. The number of hydrogen-bond acceptors (Lipinski definition) is 1. The number of nitrogens with zero attached hydrogens (tertiary/aromatic N) is 2. The van der Waals surface area contributed by atoms with Crippen molar-refractivity contribution in [1.29, 1.82) is 0 Å². The van der Waals surface area contributed by atoms with Crippen molar-refractivity contribution < 1.29 is 0 Å². The van der Waals surface area contributed by atoms with Crippen LogP contribution in [0.15, 0.2) is 24.4 Å². The third kappa shape index (κ3) is 3.74. The smallest absolute Gasteiger partial charge is 0.0655 e. The molecule has 2 heteroatoms. The Morgan fingerprint density at radius 3 is 2.54 bits per heavy atom. The minimum atomic E-state index is 1.02. The monoisotopic (exact) mass is 178 g/mol. The first kappa shape index (κ1) is 11.7. The Balaban J connectivity index is 0.000000671. The highest BCUT2D eigenvalue weighted by molar-refractivity contribution is 5.46. The molecule has 72 valence electrons. The Morgan fingerprint density at radius 1 is 1.46 bits per heavy atom. The lowest BCUT2D eigenvalue weighted by atomic mass is 10.4. The van der Waals surface area contributed by atoms with Crippen molar-refractivity contribution in [2.45, 2.75) is 27.7 Å². The van der Waals surface area contributed by atoms with Crippen LogP contribution in [0.5, 0.6) is 0 Å². The molecule has 0 fully saturated rings. The summed E-state index contributed by atoms with van der Waals surface area (Å²) in [5, 5.41) is 4.10. The lowest BCUT2D eigenvalue weighted by molar-refractivity contribution is 0.917.